The van der Waals surface area contributed by atoms with Gasteiger partial charge in [0.1, 0.15) is 6.10 Å². The van der Waals surface area contributed by atoms with E-state index in [-0.39, 0.29) is 23.3 Å². The summed E-state index contributed by atoms with van der Waals surface area (Å²) in [6, 6.07) is 4.18. The van der Waals surface area contributed by atoms with E-state index in [1.54, 1.807) is 0 Å². The van der Waals surface area contributed by atoms with Crippen LogP contribution >= 0.6 is 0 Å². The molecule has 2 fully saturated rings. The second-order valence-electron chi connectivity index (χ2n) is 5.44. The zero-order valence-corrected chi connectivity index (χ0v) is 10.2. The van der Waals surface area contributed by atoms with Crippen LogP contribution in [0, 0.1) is 17.0 Å². The first-order chi connectivity index (χ1) is 8.63. The summed E-state index contributed by atoms with van der Waals surface area (Å²) >= 11 is 0. The molecule has 1 aromatic rings. The molecule has 0 saturated heterocycles. The van der Waals surface area contributed by atoms with E-state index in [0.717, 1.165) is 38.2 Å². The topological polar surface area (TPSA) is 35.2 Å². The average Bonchev–Trinajstić information content (AvgIpc) is 2.86. The van der Waals surface area contributed by atoms with Crippen LogP contribution in [0.1, 0.15) is 32.1 Å². The van der Waals surface area contributed by atoms with Crippen molar-refractivity contribution in [3.05, 3.63) is 29.8 Å². The molecule has 2 saturated carbocycles. The second kappa shape index (κ2) is 4.19. The Kier molecular flexibility index (Phi) is 2.77. The standard InChI is InChI=1S/C14H17F2NO/c15-9-4-3-5-10(13(9)16)18-12-8-11(17)14(12)6-1-2-7-14/h3-5,11-12H,1-2,6-8,17H2. The number of benzene rings is 1. The molecule has 4 heteroatoms. The van der Waals surface area contributed by atoms with Crippen LogP contribution in [0.2, 0.25) is 0 Å². The predicted molar refractivity (Wildman–Crippen MR) is 64.3 cm³/mol. The van der Waals surface area contributed by atoms with Crippen LogP contribution in [0.25, 0.3) is 0 Å². The maximum atomic E-state index is 13.6. The number of halogens is 2. The first-order valence-corrected chi connectivity index (χ1v) is 6.50. The first-order valence-electron chi connectivity index (χ1n) is 6.50. The molecule has 98 valence electrons. The van der Waals surface area contributed by atoms with E-state index in [1.807, 2.05) is 0 Å². The number of nitrogens with two attached hydrogens (primary N) is 1. The molecule has 0 amide bonds. The number of ether oxygens (including phenoxy) is 1. The van der Waals surface area contributed by atoms with E-state index in [2.05, 4.69) is 0 Å². The summed E-state index contributed by atoms with van der Waals surface area (Å²) in [6.45, 7) is 0. The molecule has 1 aromatic carbocycles. The van der Waals surface area contributed by atoms with E-state index < -0.39 is 11.6 Å². The van der Waals surface area contributed by atoms with Crippen molar-refractivity contribution >= 4 is 0 Å². The highest BCUT2D eigenvalue weighted by molar-refractivity contribution is 5.26. The average molecular weight is 253 g/mol. The van der Waals surface area contributed by atoms with E-state index in [9.17, 15) is 8.78 Å². The molecule has 2 atom stereocenters. The lowest BCUT2D eigenvalue weighted by Crippen LogP contribution is -2.62. The fraction of sp³-hybridized carbons (Fsp3) is 0.571. The third-order valence-corrected chi connectivity index (χ3v) is 4.57. The zero-order chi connectivity index (χ0) is 12.8. The van der Waals surface area contributed by atoms with Crippen molar-refractivity contribution < 1.29 is 13.5 Å². The van der Waals surface area contributed by atoms with Crippen LogP contribution in [-0.2, 0) is 0 Å². The number of rotatable bonds is 2. The Hall–Kier alpha value is -1.16. The summed E-state index contributed by atoms with van der Waals surface area (Å²) in [5, 5.41) is 0. The van der Waals surface area contributed by atoms with Crippen LogP contribution in [0.5, 0.6) is 5.75 Å². The Labute approximate surface area is 105 Å². The Balaban J connectivity index is 1.79. The molecule has 2 aliphatic carbocycles. The quantitative estimate of drug-likeness (QED) is 0.879. The molecule has 1 spiro atoms. The van der Waals surface area contributed by atoms with Crippen LogP contribution in [-0.4, -0.2) is 12.1 Å². The van der Waals surface area contributed by atoms with E-state index >= 15 is 0 Å². The highest BCUT2D eigenvalue weighted by atomic mass is 19.2. The first kappa shape index (κ1) is 11.9. The molecule has 2 N–H and O–H groups in total. The van der Waals surface area contributed by atoms with Crippen molar-refractivity contribution in [3.8, 4) is 5.75 Å². The predicted octanol–water partition coefficient (Wildman–Crippen LogP) is 3.00. The molecule has 0 heterocycles. The molecule has 0 bridgehead atoms. The van der Waals surface area contributed by atoms with Gasteiger partial charge in [-0.2, -0.15) is 4.39 Å². The second-order valence-corrected chi connectivity index (χ2v) is 5.44. The van der Waals surface area contributed by atoms with E-state index in [1.165, 1.54) is 12.1 Å². The van der Waals surface area contributed by atoms with Crippen molar-refractivity contribution in [2.75, 3.05) is 0 Å². The summed E-state index contributed by atoms with van der Waals surface area (Å²) in [6.07, 6.45) is 5.05. The molecule has 0 aliphatic heterocycles. The summed E-state index contributed by atoms with van der Waals surface area (Å²) in [4.78, 5) is 0. The minimum atomic E-state index is -0.897. The van der Waals surface area contributed by atoms with Gasteiger partial charge in [0.2, 0.25) is 5.82 Å². The van der Waals surface area contributed by atoms with Gasteiger partial charge in [0.05, 0.1) is 0 Å². The molecule has 2 nitrogen and oxygen atoms in total. The molecule has 3 rings (SSSR count). The number of hydrogen-bond donors (Lipinski definition) is 1. The van der Waals surface area contributed by atoms with E-state index in [4.69, 9.17) is 10.5 Å². The normalized spacial score (nSPS) is 29.3. The Morgan fingerprint density at radius 3 is 2.61 bits per heavy atom. The van der Waals surface area contributed by atoms with Crippen LogP contribution < -0.4 is 10.5 Å². The highest BCUT2D eigenvalue weighted by Crippen LogP contribution is 2.53. The third kappa shape index (κ3) is 1.62. The molecule has 18 heavy (non-hydrogen) atoms. The minimum Gasteiger partial charge on any atom is -0.487 e. The minimum absolute atomic E-state index is 0.00123. The van der Waals surface area contributed by atoms with Crippen LogP contribution in [0.15, 0.2) is 18.2 Å². The van der Waals surface area contributed by atoms with Crippen molar-refractivity contribution in [2.24, 2.45) is 11.1 Å². The van der Waals surface area contributed by atoms with Gasteiger partial charge in [-0.1, -0.05) is 18.9 Å². The van der Waals surface area contributed by atoms with Gasteiger partial charge in [0.15, 0.2) is 11.6 Å². The van der Waals surface area contributed by atoms with Gasteiger partial charge in [-0.05, 0) is 25.0 Å². The maximum Gasteiger partial charge on any atom is 0.200 e. The summed E-state index contributed by atoms with van der Waals surface area (Å²) in [5.74, 6) is -1.75. The van der Waals surface area contributed by atoms with Gasteiger partial charge in [0.25, 0.3) is 0 Å². The molecular weight excluding hydrogens is 236 g/mol. The van der Waals surface area contributed by atoms with Crippen LogP contribution in [0.3, 0.4) is 0 Å². The lowest BCUT2D eigenvalue weighted by molar-refractivity contribution is -0.0638. The molecule has 2 aliphatic rings. The molecule has 0 radical (unpaired) electrons. The summed E-state index contributed by atoms with van der Waals surface area (Å²) in [5.41, 5.74) is 6.08. The Bertz CT molecular complexity index is 457. The summed E-state index contributed by atoms with van der Waals surface area (Å²) in [7, 11) is 0. The van der Waals surface area contributed by atoms with Crippen molar-refractivity contribution in [2.45, 2.75) is 44.2 Å². The van der Waals surface area contributed by atoms with Crippen molar-refractivity contribution in [1.29, 1.82) is 0 Å². The Morgan fingerprint density at radius 1 is 1.22 bits per heavy atom. The smallest absolute Gasteiger partial charge is 0.200 e. The summed E-state index contributed by atoms with van der Waals surface area (Å²) < 4.78 is 32.4. The highest BCUT2D eigenvalue weighted by Gasteiger charge is 2.56. The fourth-order valence-electron chi connectivity index (χ4n) is 3.40. The van der Waals surface area contributed by atoms with Gasteiger partial charge in [0, 0.05) is 17.9 Å². The molecule has 2 unspecified atom stereocenters. The van der Waals surface area contributed by atoms with Gasteiger partial charge in [-0.15, -0.1) is 0 Å². The largest absolute Gasteiger partial charge is 0.487 e. The Morgan fingerprint density at radius 2 is 1.94 bits per heavy atom. The maximum absolute atomic E-state index is 13.6. The monoisotopic (exact) mass is 253 g/mol. The van der Waals surface area contributed by atoms with E-state index in [0.29, 0.717) is 0 Å². The molecule has 0 aromatic heterocycles. The third-order valence-electron chi connectivity index (χ3n) is 4.57. The molecular formula is C14H17F2NO. The van der Waals surface area contributed by atoms with Gasteiger partial charge in [-0.25, -0.2) is 4.39 Å². The SMILES string of the molecule is NC1CC(Oc2cccc(F)c2F)C12CCCC2. The number of hydrogen-bond acceptors (Lipinski definition) is 2. The van der Waals surface area contributed by atoms with Gasteiger partial charge in [-0.3, -0.25) is 0 Å². The van der Waals surface area contributed by atoms with Gasteiger partial charge >= 0.3 is 0 Å². The van der Waals surface area contributed by atoms with Crippen LogP contribution in [0.4, 0.5) is 8.78 Å². The van der Waals surface area contributed by atoms with Crippen molar-refractivity contribution in [1.82, 2.24) is 0 Å². The lowest BCUT2D eigenvalue weighted by atomic mass is 9.61. The lowest BCUT2D eigenvalue weighted by Gasteiger charge is -2.52. The zero-order valence-electron chi connectivity index (χ0n) is 10.2. The van der Waals surface area contributed by atoms with Crippen molar-refractivity contribution in [3.63, 3.8) is 0 Å². The van der Waals surface area contributed by atoms with Gasteiger partial charge < -0.3 is 10.5 Å². The fourth-order valence-corrected chi connectivity index (χ4v) is 3.40.